The monoisotopic (exact) mass is 274 g/mol. The van der Waals surface area contributed by atoms with Gasteiger partial charge < -0.3 is 14.6 Å². The molecule has 1 aliphatic heterocycles. The average Bonchev–Trinajstić information content (AvgIpc) is 2.47. The number of aliphatic hydroxyl groups excluding tert-OH is 1. The molecule has 0 aliphatic carbocycles. The van der Waals surface area contributed by atoms with Crippen molar-refractivity contribution in [3.05, 3.63) is 59.4 Å². The number of hydrogen-bond donors (Lipinski definition) is 1. The second-order valence-electron chi connectivity index (χ2n) is 4.78. The Labute approximate surface area is 116 Å². The number of rotatable bonds is 2. The predicted molar refractivity (Wildman–Crippen MR) is 72.3 cm³/mol. The molecule has 0 saturated carbocycles. The van der Waals surface area contributed by atoms with Crippen molar-refractivity contribution in [3.63, 3.8) is 0 Å². The van der Waals surface area contributed by atoms with E-state index < -0.39 is 12.2 Å². The van der Waals surface area contributed by atoms with Gasteiger partial charge in [-0.15, -0.1) is 0 Å². The molecule has 2 aromatic rings. The normalized spacial score (nSPS) is 20.9. The minimum absolute atomic E-state index is 0.323. The first-order chi connectivity index (χ1) is 9.69. The molecular formula is C16H15FO3. The van der Waals surface area contributed by atoms with E-state index in [1.165, 1.54) is 6.07 Å². The second kappa shape index (κ2) is 5.13. The second-order valence-corrected chi connectivity index (χ2v) is 4.78. The fourth-order valence-electron chi connectivity index (χ4n) is 2.48. The predicted octanol–water partition coefficient (Wildman–Crippen LogP) is 3.39. The van der Waals surface area contributed by atoms with Crippen LogP contribution in [0.2, 0.25) is 0 Å². The largest absolute Gasteiger partial charge is 0.497 e. The van der Waals surface area contributed by atoms with E-state index in [2.05, 4.69) is 0 Å². The molecule has 0 bridgehead atoms. The fourth-order valence-corrected chi connectivity index (χ4v) is 2.48. The molecule has 104 valence electrons. The highest BCUT2D eigenvalue weighted by Gasteiger charge is 2.29. The van der Waals surface area contributed by atoms with E-state index in [0.717, 1.165) is 0 Å². The van der Waals surface area contributed by atoms with Crippen LogP contribution in [0.4, 0.5) is 4.39 Å². The SMILES string of the molecule is COc1ccc2c(c1)OC(c1ccccc1F)C[C@H]2O. The van der Waals surface area contributed by atoms with E-state index in [1.807, 2.05) is 0 Å². The molecule has 1 aliphatic rings. The van der Waals surface area contributed by atoms with Crippen LogP contribution in [-0.4, -0.2) is 12.2 Å². The highest BCUT2D eigenvalue weighted by Crippen LogP contribution is 2.42. The summed E-state index contributed by atoms with van der Waals surface area (Å²) in [4.78, 5) is 0. The number of aliphatic hydroxyl groups is 1. The molecule has 1 heterocycles. The summed E-state index contributed by atoms with van der Waals surface area (Å²) in [6.07, 6.45) is -0.833. The number of benzene rings is 2. The Morgan fingerprint density at radius 1 is 1.20 bits per heavy atom. The molecule has 0 radical (unpaired) electrons. The molecule has 2 atom stereocenters. The maximum atomic E-state index is 13.8. The van der Waals surface area contributed by atoms with Crippen LogP contribution in [0.15, 0.2) is 42.5 Å². The maximum absolute atomic E-state index is 13.8. The van der Waals surface area contributed by atoms with Gasteiger partial charge >= 0.3 is 0 Å². The first-order valence-electron chi connectivity index (χ1n) is 6.46. The number of fused-ring (bicyclic) bond motifs is 1. The zero-order valence-electron chi connectivity index (χ0n) is 11.0. The van der Waals surface area contributed by atoms with Crippen molar-refractivity contribution in [1.29, 1.82) is 0 Å². The summed E-state index contributed by atoms with van der Waals surface area (Å²) >= 11 is 0. The van der Waals surface area contributed by atoms with Gasteiger partial charge in [0.25, 0.3) is 0 Å². The molecule has 0 amide bonds. The van der Waals surface area contributed by atoms with Gasteiger partial charge in [0.2, 0.25) is 0 Å². The molecule has 3 rings (SSSR count). The number of methoxy groups -OCH3 is 1. The van der Waals surface area contributed by atoms with Crippen LogP contribution in [0.1, 0.15) is 29.8 Å². The Kier molecular flexibility index (Phi) is 3.32. The van der Waals surface area contributed by atoms with E-state index in [4.69, 9.17) is 9.47 Å². The van der Waals surface area contributed by atoms with Crippen LogP contribution < -0.4 is 9.47 Å². The van der Waals surface area contributed by atoms with Crippen LogP contribution in [0.5, 0.6) is 11.5 Å². The van der Waals surface area contributed by atoms with Crippen LogP contribution in [0, 0.1) is 5.82 Å². The molecule has 2 aromatic carbocycles. The van der Waals surface area contributed by atoms with Gasteiger partial charge in [-0.25, -0.2) is 4.39 Å². The first kappa shape index (κ1) is 12.9. The van der Waals surface area contributed by atoms with Crippen LogP contribution in [-0.2, 0) is 0 Å². The van der Waals surface area contributed by atoms with Crippen molar-refractivity contribution in [1.82, 2.24) is 0 Å². The standard InChI is InChI=1S/C16H15FO3/c1-19-10-6-7-12-14(18)9-16(20-15(12)8-10)11-4-2-3-5-13(11)17/h2-8,14,16,18H,9H2,1H3/t14-,16?/m1/s1. The van der Waals surface area contributed by atoms with E-state index in [9.17, 15) is 9.50 Å². The van der Waals surface area contributed by atoms with Crippen LogP contribution in [0.25, 0.3) is 0 Å². The number of ether oxygens (including phenoxy) is 2. The summed E-state index contributed by atoms with van der Waals surface area (Å²) in [7, 11) is 1.56. The molecule has 3 nitrogen and oxygen atoms in total. The molecule has 0 saturated heterocycles. The lowest BCUT2D eigenvalue weighted by atomic mass is 9.94. The Hall–Kier alpha value is -2.07. The first-order valence-corrected chi connectivity index (χ1v) is 6.46. The molecule has 4 heteroatoms. The third kappa shape index (κ3) is 2.23. The van der Waals surface area contributed by atoms with Gasteiger partial charge in [0.15, 0.2) is 0 Å². The summed E-state index contributed by atoms with van der Waals surface area (Å²) in [6.45, 7) is 0. The third-order valence-corrected chi connectivity index (χ3v) is 3.54. The fraction of sp³-hybridized carbons (Fsp3) is 0.250. The van der Waals surface area contributed by atoms with Crippen molar-refractivity contribution in [2.75, 3.05) is 7.11 Å². The smallest absolute Gasteiger partial charge is 0.130 e. The van der Waals surface area contributed by atoms with E-state index in [1.54, 1.807) is 43.5 Å². The molecule has 20 heavy (non-hydrogen) atoms. The summed E-state index contributed by atoms with van der Waals surface area (Å²) in [5, 5.41) is 10.2. The molecule has 1 unspecified atom stereocenters. The van der Waals surface area contributed by atoms with Gasteiger partial charge in [-0.1, -0.05) is 18.2 Å². The average molecular weight is 274 g/mol. The molecule has 0 fully saturated rings. The molecule has 1 N–H and O–H groups in total. The van der Waals surface area contributed by atoms with Gasteiger partial charge in [-0.3, -0.25) is 0 Å². The Bertz CT molecular complexity index is 627. The number of hydrogen-bond acceptors (Lipinski definition) is 3. The Morgan fingerprint density at radius 3 is 2.75 bits per heavy atom. The summed E-state index contributed by atoms with van der Waals surface area (Å²) in [6, 6.07) is 11.7. The van der Waals surface area contributed by atoms with Gasteiger partial charge in [0, 0.05) is 23.6 Å². The lowest BCUT2D eigenvalue weighted by Gasteiger charge is -2.30. The summed E-state index contributed by atoms with van der Waals surface area (Å²) in [5.41, 5.74) is 1.17. The summed E-state index contributed by atoms with van der Waals surface area (Å²) in [5.74, 6) is 0.859. The van der Waals surface area contributed by atoms with Gasteiger partial charge in [0.05, 0.1) is 13.2 Å². The quantitative estimate of drug-likeness (QED) is 0.912. The van der Waals surface area contributed by atoms with Crippen molar-refractivity contribution >= 4 is 0 Å². The minimum atomic E-state index is -0.672. The van der Waals surface area contributed by atoms with Gasteiger partial charge in [-0.05, 0) is 18.2 Å². The van der Waals surface area contributed by atoms with E-state index >= 15 is 0 Å². The Balaban J connectivity index is 1.97. The molecule has 0 spiro atoms. The van der Waals surface area contributed by atoms with Gasteiger partial charge in [-0.2, -0.15) is 0 Å². The van der Waals surface area contributed by atoms with Crippen molar-refractivity contribution in [3.8, 4) is 11.5 Å². The Morgan fingerprint density at radius 2 is 2.00 bits per heavy atom. The lowest BCUT2D eigenvalue weighted by Crippen LogP contribution is -2.20. The van der Waals surface area contributed by atoms with Crippen molar-refractivity contribution in [2.24, 2.45) is 0 Å². The van der Waals surface area contributed by atoms with E-state index in [0.29, 0.717) is 29.0 Å². The molecular weight excluding hydrogens is 259 g/mol. The van der Waals surface area contributed by atoms with Crippen molar-refractivity contribution < 1.29 is 19.0 Å². The molecule has 0 aromatic heterocycles. The van der Waals surface area contributed by atoms with Crippen LogP contribution in [0.3, 0.4) is 0 Å². The van der Waals surface area contributed by atoms with Crippen LogP contribution >= 0.6 is 0 Å². The zero-order chi connectivity index (χ0) is 14.1. The number of halogens is 1. The maximum Gasteiger partial charge on any atom is 0.130 e. The van der Waals surface area contributed by atoms with Crippen molar-refractivity contribution in [2.45, 2.75) is 18.6 Å². The highest BCUT2D eigenvalue weighted by molar-refractivity contribution is 5.44. The zero-order valence-corrected chi connectivity index (χ0v) is 11.0. The highest BCUT2D eigenvalue weighted by atomic mass is 19.1. The third-order valence-electron chi connectivity index (χ3n) is 3.54. The summed E-state index contributed by atoms with van der Waals surface area (Å²) < 4.78 is 24.8. The lowest BCUT2D eigenvalue weighted by molar-refractivity contribution is 0.0638. The van der Waals surface area contributed by atoms with Gasteiger partial charge in [0.1, 0.15) is 23.4 Å². The minimum Gasteiger partial charge on any atom is -0.497 e. The topological polar surface area (TPSA) is 38.7 Å². The van der Waals surface area contributed by atoms with E-state index in [-0.39, 0.29) is 5.82 Å².